The number of hydrogen-bond donors (Lipinski definition) is 2. The third-order valence-corrected chi connectivity index (χ3v) is 6.81. The van der Waals surface area contributed by atoms with Gasteiger partial charge in [0.05, 0.1) is 11.1 Å². The number of carbonyl (C=O) groups is 2. The maximum absolute atomic E-state index is 13.0. The molecule has 0 saturated carbocycles. The number of carbonyl (C=O) groups excluding carboxylic acids is 2. The molecule has 0 spiro atoms. The summed E-state index contributed by atoms with van der Waals surface area (Å²) in [4.78, 5) is 35.7. The molecular weight excluding hydrogens is 428 g/mol. The van der Waals surface area contributed by atoms with E-state index in [0.29, 0.717) is 61.1 Å². The lowest BCUT2D eigenvalue weighted by atomic mass is 9.74. The number of allylic oxidation sites excluding steroid dienone is 4. The van der Waals surface area contributed by atoms with Gasteiger partial charge in [0.15, 0.2) is 11.6 Å². The van der Waals surface area contributed by atoms with E-state index in [1.165, 1.54) is 0 Å². The van der Waals surface area contributed by atoms with Crippen LogP contribution in [0.15, 0.2) is 32.6 Å². The normalized spacial score (nSPS) is 23.4. The Kier molecular flexibility index (Phi) is 9.06. The van der Waals surface area contributed by atoms with Gasteiger partial charge in [-0.2, -0.15) is 0 Å². The number of aliphatic hydroxyl groups is 2. The third kappa shape index (κ3) is 7.13. The van der Waals surface area contributed by atoms with Crippen LogP contribution in [0, 0.1) is 10.8 Å². The number of hydrogen-bond acceptors (Lipinski definition) is 6. The standard InChI is InChI=1S/C28H44N2O4/c1-9-17(3)29-19(25-21(31)13-27(5,6)14-22(25)32)11-12-20(30-18(4)10-2)26-23(33)15-28(7,8)16-24(26)34/h17-18,31,33H,9-16H2,1-8H3. The second-order valence-electron chi connectivity index (χ2n) is 11.7. The Labute approximate surface area is 205 Å². The third-order valence-electron chi connectivity index (χ3n) is 6.81. The maximum Gasteiger partial charge on any atom is 0.168 e. The first-order valence-corrected chi connectivity index (χ1v) is 12.7. The van der Waals surface area contributed by atoms with Crippen molar-refractivity contribution in [1.82, 2.24) is 0 Å². The van der Waals surface area contributed by atoms with Crippen LogP contribution >= 0.6 is 0 Å². The van der Waals surface area contributed by atoms with Crippen molar-refractivity contribution in [3.63, 3.8) is 0 Å². The topological polar surface area (TPSA) is 99.3 Å². The largest absolute Gasteiger partial charge is 0.511 e. The number of aliphatic hydroxyl groups excluding tert-OH is 2. The summed E-state index contributed by atoms with van der Waals surface area (Å²) in [7, 11) is 0. The Morgan fingerprint density at radius 3 is 1.32 bits per heavy atom. The van der Waals surface area contributed by atoms with Gasteiger partial charge >= 0.3 is 0 Å². The molecule has 2 rings (SSSR count). The molecule has 2 unspecified atom stereocenters. The molecule has 0 aromatic heterocycles. The maximum atomic E-state index is 13.0. The van der Waals surface area contributed by atoms with Crippen LogP contribution in [0.4, 0.5) is 0 Å². The van der Waals surface area contributed by atoms with E-state index in [1.54, 1.807) is 0 Å². The summed E-state index contributed by atoms with van der Waals surface area (Å²) in [5.41, 5.74) is 1.25. The van der Waals surface area contributed by atoms with Gasteiger partial charge in [0.1, 0.15) is 11.5 Å². The molecule has 0 aromatic carbocycles. The van der Waals surface area contributed by atoms with Gasteiger partial charge in [-0.1, -0.05) is 41.5 Å². The van der Waals surface area contributed by atoms with Gasteiger partial charge in [-0.3, -0.25) is 19.6 Å². The van der Waals surface area contributed by atoms with Gasteiger partial charge in [-0.05, 0) is 50.4 Å². The Bertz CT molecular complexity index is 858. The highest BCUT2D eigenvalue weighted by Crippen LogP contribution is 2.38. The van der Waals surface area contributed by atoms with Crippen molar-refractivity contribution in [2.45, 2.75) is 119 Å². The van der Waals surface area contributed by atoms with Crippen LogP contribution < -0.4 is 0 Å². The number of rotatable bonds is 9. The zero-order valence-electron chi connectivity index (χ0n) is 22.4. The van der Waals surface area contributed by atoms with Crippen LogP contribution in [0.3, 0.4) is 0 Å². The molecule has 0 fully saturated rings. The second-order valence-corrected chi connectivity index (χ2v) is 11.7. The highest BCUT2D eigenvalue weighted by Gasteiger charge is 2.37. The minimum Gasteiger partial charge on any atom is -0.511 e. The van der Waals surface area contributed by atoms with E-state index < -0.39 is 0 Å². The summed E-state index contributed by atoms with van der Waals surface area (Å²) in [6, 6.07) is -0.00422. The SMILES string of the molecule is CCC(C)N=C(CCC(=NC(C)CC)C1=C(O)CC(C)(C)CC1=O)C1=C(O)CC(C)(C)CC1=O. The number of Topliss-reactive ketones (excluding diaryl/α,β-unsaturated/α-hetero) is 2. The van der Waals surface area contributed by atoms with Crippen LogP contribution in [-0.4, -0.2) is 45.3 Å². The van der Waals surface area contributed by atoms with E-state index in [1.807, 2.05) is 55.4 Å². The summed E-state index contributed by atoms with van der Waals surface area (Å²) in [6.07, 6.45) is 3.95. The average Bonchev–Trinajstić information content (AvgIpc) is 2.68. The molecule has 0 amide bonds. The van der Waals surface area contributed by atoms with Gasteiger partial charge in [0, 0.05) is 49.2 Å². The molecule has 190 valence electrons. The summed E-state index contributed by atoms with van der Waals surface area (Å²) < 4.78 is 0. The zero-order valence-corrected chi connectivity index (χ0v) is 22.4. The molecule has 2 atom stereocenters. The quantitative estimate of drug-likeness (QED) is 0.367. The molecule has 0 heterocycles. The fourth-order valence-electron chi connectivity index (χ4n) is 4.69. The zero-order chi connectivity index (χ0) is 25.8. The lowest BCUT2D eigenvalue weighted by Crippen LogP contribution is -2.31. The summed E-state index contributed by atoms with van der Waals surface area (Å²) in [6.45, 7) is 16.0. The summed E-state index contributed by atoms with van der Waals surface area (Å²) >= 11 is 0. The van der Waals surface area contributed by atoms with E-state index in [0.717, 1.165) is 12.8 Å². The highest BCUT2D eigenvalue weighted by atomic mass is 16.3. The Morgan fingerprint density at radius 2 is 1.06 bits per heavy atom. The molecule has 2 aliphatic carbocycles. The Balaban J connectivity index is 2.48. The van der Waals surface area contributed by atoms with Crippen LogP contribution in [0.2, 0.25) is 0 Å². The van der Waals surface area contributed by atoms with Crippen molar-refractivity contribution in [1.29, 1.82) is 0 Å². The molecule has 0 radical (unpaired) electrons. The van der Waals surface area contributed by atoms with Crippen molar-refractivity contribution in [2.24, 2.45) is 20.8 Å². The first kappa shape index (κ1) is 28.0. The van der Waals surface area contributed by atoms with Crippen molar-refractivity contribution in [2.75, 3.05) is 0 Å². The number of ketones is 2. The molecule has 34 heavy (non-hydrogen) atoms. The van der Waals surface area contributed by atoms with Gasteiger partial charge in [0.2, 0.25) is 0 Å². The van der Waals surface area contributed by atoms with Gasteiger partial charge < -0.3 is 10.2 Å². The fraction of sp³-hybridized carbons (Fsp3) is 0.714. The fourth-order valence-corrected chi connectivity index (χ4v) is 4.69. The lowest BCUT2D eigenvalue weighted by Gasteiger charge is -2.31. The average molecular weight is 473 g/mol. The summed E-state index contributed by atoms with van der Waals surface area (Å²) in [5, 5.41) is 21.6. The van der Waals surface area contributed by atoms with E-state index in [9.17, 15) is 19.8 Å². The Hall–Kier alpha value is -2.24. The lowest BCUT2D eigenvalue weighted by molar-refractivity contribution is -0.118. The summed E-state index contributed by atoms with van der Waals surface area (Å²) in [5.74, 6) is 0.0186. The van der Waals surface area contributed by atoms with E-state index >= 15 is 0 Å². The van der Waals surface area contributed by atoms with E-state index in [2.05, 4.69) is 0 Å². The predicted octanol–water partition coefficient (Wildman–Crippen LogP) is 6.65. The van der Waals surface area contributed by atoms with Crippen LogP contribution in [0.5, 0.6) is 0 Å². The second kappa shape index (κ2) is 11.0. The van der Waals surface area contributed by atoms with Crippen LogP contribution in [0.25, 0.3) is 0 Å². The van der Waals surface area contributed by atoms with Gasteiger partial charge in [-0.25, -0.2) is 0 Å². The molecule has 6 nitrogen and oxygen atoms in total. The first-order chi connectivity index (χ1) is 15.7. The monoisotopic (exact) mass is 472 g/mol. The molecular formula is C28H44N2O4. The van der Waals surface area contributed by atoms with Crippen LogP contribution in [0.1, 0.15) is 107 Å². The highest BCUT2D eigenvalue weighted by molar-refractivity contribution is 6.26. The Morgan fingerprint density at radius 1 is 0.735 bits per heavy atom. The van der Waals surface area contributed by atoms with Gasteiger partial charge in [0.25, 0.3) is 0 Å². The molecule has 6 heteroatoms. The number of aliphatic imine (C=N–C) groups is 2. The predicted molar refractivity (Wildman–Crippen MR) is 139 cm³/mol. The van der Waals surface area contributed by atoms with E-state index in [4.69, 9.17) is 9.98 Å². The molecule has 2 N–H and O–H groups in total. The first-order valence-electron chi connectivity index (χ1n) is 12.7. The number of nitrogens with zero attached hydrogens (tertiary/aromatic N) is 2. The molecule has 0 aromatic rings. The van der Waals surface area contributed by atoms with Crippen molar-refractivity contribution in [3.05, 3.63) is 22.7 Å². The molecule has 0 saturated heterocycles. The van der Waals surface area contributed by atoms with Crippen molar-refractivity contribution < 1.29 is 19.8 Å². The molecule has 0 bridgehead atoms. The molecule has 2 aliphatic rings. The smallest absolute Gasteiger partial charge is 0.168 e. The minimum atomic E-state index is -0.284. The van der Waals surface area contributed by atoms with E-state index in [-0.39, 0.29) is 46.0 Å². The van der Waals surface area contributed by atoms with Gasteiger partial charge in [-0.15, -0.1) is 0 Å². The molecule has 0 aliphatic heterocycles. The minimum absolute atomic E-state index is 0.00211. The van der Waals surface area contributed by atoms with Crippen molar-refractivity contribution >= 4 is 23.0 Å². The van der Waals surface area contributed by atoms with Crippen LogP contribution in [-0.2, 0) is 9.59 Å². The van der Waals surface area contributed by atoms with Crippen molar-refractivity contribution in [3.8, 4) is 0 Å².